The van der Waals surface area contributed by atoms with Gasteiger partial charge >= 0.3 is 0 Å². The molecule has 9 heteroatoms. The Labute approximate surface area is 237 Å². The number of aliphatic hydroxyl groups excluding tert-OH is 2. The van der Waals surface area contributed by atoms with Gasteiger partial charge in [0, 0.05) is 31.2 Å². The minimum absolute atomic E-state index is 0.0990. The molecule has 0 radical (unpaired) electrons. The first-order valence-corrected chi connectivity index (χ1v) is 13.6. The Bertz CT molecular complexity index is 1180. The molecule has 3 atom stereocenters. The summed E-state index contributed by atoms with van der Waals surface area (Å²) >= 11 is 2.15. The molecule has 0 saturated heterocycles. The number of aliphatic hydroxyl groups is 2. The number of amides is 2. The zero-order chi connectivity index (χ0) is 27.7. The summed E-state index contributed by atoms with van der Waals surface area (Å²) in [7, 11) is 1.60. The number of nitrogens with zero attached hydrogens (tertiary/aromatic N) is 1. The maximum atomic E-state index is 13.4. The Balaban J connectivity index is 1.95. The van der Waals surface area contributed by atoms with E-state index in [0.717, 1.165) is 20.5 Å². The van der Waals surface area contributed by atoms with Gasteiger partial charge in [-0.05, 0) is 78.8 Å². The zero-order valence-electron chi connectivity index (χ0n) is 21.9. The quantitative estimate of drug-likeness (QED) is 0.259. The van der Waals surface area contributed by atoms with E-state index in [9.17, 15) is 19.8 Å². The average molecular weight is 635 g/mol. The highest BCUT2D eigenvalue weighted by atomic mass is 127. The van der Waals surface area contributed by atoms with E-state index >= 15 is 0 Å². The molecule has 38 heavy (non-hydrogen) atoms. The lowest BCUT2D eigenvalue weighted by Crippen LogP contribution is -2.55. The number of ether oxygens (including phenoxy) is 2. The topological polar surface area (TPSA) is 108 Å². The molecule has 0 aromatic heterocycles. The van der Waals surface area contributed by atoms with Gasteiger partial charge in [0.05, 0.1) is 23.3 Å². The van der Waals surface area contributed by atoms with Crippen molar-refractivity contribution in [1.29, 1.82) is 0 Å². The van der Waals surface area contributed by atoms with Gasteiger partial charge in [0.2, 0.25) is 11.8 Å². The molecule has 3 rings (SSSR count). The predicted octanol–water partition coefficient (Wildman–Crippen LogP) is 3.25. The molecule has 3 N–H and O–H groups in total. The number of benzene rings is 2. The highest BCUT2D eigenvalue weighted by Gasteiger charge is 2.40. The Morgan fingerprint density at radius 1 is 1.18 bits per heavy atom. The largest absolute Gasteiger partial charge is 0.497 e. The van der Waals surface area contributed by atoms with E-state index in [1.807, 2.05) is 56.3 Å². The summed E-state index contributed by atoms with van der Waals surface area (Å²) < 4.78 is 12.4. The minimum atomic E-state index is -1.08. The van der Waals surface area contributed by atoms with E-state index in [0.29, 0.717) is 24.3 Å². The van der Waals surface area contributed by atoms with Crippen molar-refractivity contribution >= 4 is 34.4 Å². The zero-order valence-corrected chi connectivity index (χ0v) is 24.1. The van der Waals surface area contributed by atoms with Crippen LogP contribution in [0.15, 0.2) is 71.8 Å². The number of hydrogen-bond acceptors (Lipinski definition) is 6. The van der Waals surface area contributed by atoms with Gasteiger partial charge in [0.1, 0.15) is 23.7 Å². The van der Waals surface area contributed by atoms with Crippen LogP contribution in [-0.4, -0.2) is 72.0 Å². The van der Waals surface area contributed by atoms with Gasteiger partial charge in [0.15, 0.2) is 0 Å². The van der Waals surface area contributed by atoms with Crippen LogP contribution in [0.1, 0.15) is 25.8 Å². The Kier molecular flexibility index (Phi) is 11.2. The van der Waals surface area contributed by atoms with E-state index in [1.54, 1.807) is 24.2 Å². The van der Waals surface area contributed by atoms with E-state index in [-0.39, 0.29) is 31.4 Å². The van der Waals surface area contributed by atoms with Crippen LogP contribution >= 0.6 is 22.6 Å². The Morgan fingerprint density at radius 2 is 1.95 bits per heavy atom. The van der Waals surface area contributed by atoms with Crippen LogP contribution in [-0.2, 0) is 16.0 Å². The third-order valence-electron chi connectivity index (χ3n) is 6.19. The lowest BCUT2D eigenvalue weighted by molar-refractivity contribution is -0.133. The maximum absolute atomic E-state index is 13.4. The van der Waals surface area contributed by atoms with Crippen molar-refractivity contribution in [1.82, 2.24) is 10.2 Å². The van der Waals surface area contributed by atoms with E-state index in [2.05, 4.69) is 27.9 Å². The summed E-state index contributed by atoms with van der Waals surface area (Å²) in [4.78, 5) is 28.0. The molecule has 0 spiro atoms. The number of halogens is 1. The van der Waals surface area contributed by atoms with Crippen molar-refractivity contribution < 1.29 is 29.3 Å². The second-order valence-electron chi connectivity index (χ2n) is 9.30. The number of allylic oxidation sites excluding steroid dienone is 1. The fourth-order valence-electron chi connectivity index (χ4n) is 4.31. The van der Waals surface area contributed by atoms with Crippen LogP contribution in [0.5, 0.6) is 11.5 Å². The van der Waals surface area contributed by atoms with Crippen molar-refractivity contribution in [3.05, 3.63) is 81.0 Å². The molecule has 1 aliphatic rings. The van der Waals surface area contributed by atoms with Gasteiger partial charge in [-0.15, -0.1) is 0 Å². The van der Waals surface area contributed by atoms with E-state index in [4.69, 9.17) is 9.47 Å². The first-order chi connectivity index (χ1) is 18.2. The predicted molar refractivity (Wildman–Crippen MR) is 154 cm³/mol. The van der Waals surface area contributed by atoms with E-state index in [1.165, 1.54) is 6.08 Å². The molecule has 8 nitrogen and oxygen atoms in total. The van der Waals surface area contributed by atoms with Gasteiger partial charge in [-0.2, -0.15) is 0 Å². The molecule has 2 aromatic rings. The molecule has 2 amide bonds. The Morgan fingerprint density at radius 3 is 2.63 bits per heavy atom. The summed E-state index contributed by atoms with van der Waals surface area (Å²) in [6.07, 6.45) is 1.88. The highest BCUT2D eigenvalue weighted by molar-refractivity contribution is 14.1. The van der Waals surface area contributed by atoms with Crippen LogP contribution in [0.2, 0.25) is 0 Å². The number of para-hydroxylation sites is 1. The number of carbonyl (C=O) groups is 2. The number of nitrogens with one attached hydrogen (secondary N) is 1. The third kappa shape index (κ3) is 8.05. The molecule has 0 heterocycles. The van der Waals surface area contributed by atoms with Crippen LogP contribution < -0.4 is 14.8 Å². The first kappa shape index (κ1) is 29.7. The van der Waals surface area contributed by atoms with Crippen molar-refractivity contribution in [2.75, 3.05) is 26.8 Å². The number of carbonyl (C=O) groups excluding carboxylic acids is 2. The van der Waals surface area contributed by atoms with Crippen LogP contribution in [0.25, 0.3) is 0 Å². The average Bonchev–Trinajstić information content (AvgIpc) is 2.90. The van der Waals surface area contributed by atoms with Crippen LogP contribution in [0.3, 0.4) is 0 Å². The summed E-state index contributed by atoms with van der Waals surface area (Å²) in [5.74, 6) is 0.679. The van der Waals surface area contributed by atoms with Gasteiger partial charge < -0.3 is 29.9 Å². The molecule has 0 bridgehead atoms. The monoisotopic (exact) mass is 634 g/mol. The van der Waals surface area contributed by atoms with Crippen LogP contribution in [0.4, 0.5) is 0 Å². The summed E-state index contributed by atoms with van der Waals surface area (Å²) in [5, 5.41) is 23.4. The SMILES string of the molecule is COc1cccc(CCN(C(=O)C=C(C)C)C2CC(C(=O)NCCO)=CC(Oc3ccccc3I)C2O)c1. The minimum Gasteiger partial charge on any atom is -0.497 e. The molecule has 0 fully saturated rings. The lowest BCUT2D eigenvalue weighted by Gasteiger charge is -2.40. The fourth-order valence-corrected chi connectivity index (χ4v) is 4.83. The normalized spacial score (nSPS) is 18.7. The van der Waals surface area contributed by atoms with E-state index < -0.39 is 18.2 Å². The van der Waals surface area contributed by atoms with Crippen molar-refractivity contribution in [2.45, 2.75) is 44.9 Å². The molecule has 0 saturated carbocycles. The summed E-state index contributed by atoms with van der Waals surface area (Å²) in [5.41, 5.74) is 2.20. The molecular weight excluding hydrogens is 599 g/mol. The number of hydrogen-bond donors (Lipinski definition) is 3. The maximum Gasteiger partial charge on any atom is 0.247 e. The lowest BCUT2D eigenvalue weighted by atomic mass is 9.87. The fraction of sp³-hybridized carbons (Fsp3) is 0.379. The highest BCUT2D eigenvalue weighted by Crippen LogP contribution is 2.30. The Hall–Kier alpha value is -2.89. The molecule has 2 aromatic carbocycles. The summed E-state index contributed by atoms with van der Waals surface area (Å²) in [6.45, 7) is 3.90. The molecular formula is C29H35IN2O6. The standard InChI is InChI=1S/C29H35IN2O6/c1-19(2)15-27(34)32(13-11-20-7-6-8-22(16-20)37-3)24-17-21(29(36)31-12-14-33)18-26(28(24)35)38-25-10-5-4-9-23(25)30/h4-10,15-16,18,24,26,28,33,35H,11-14,17H2,1-3H3,(H,31,36). The van der Waals surface area contributed by atoms with Gasteiger partial charge in [-0.3, -0.25) is 9.59 Å². The van der Waals surface area contributed by atoms with Gasteiger partial charge in [-0.25, -0.2) is 0 Å². The molecule has 0 aliphatic heterocycles. The number of rotatable bonds is 11. The smallest absolute Gasteiger partial charge is 0.247 e. The summed E-state index contributed by atoms with van der Waals surface area (Å²) in [6, 6.07) is 14.3. The first-order valence-electron chi connectivity index (χ1n) is 12.5. The van der Waals surface area contributed by atoms with Crippen LogP contribution in [0, 0.1) is 3.57 Å². The second-order valence-corrected chi connectivity index (χ2v) is 10.5. The molecule has 204 valence electrons. The van der Waals surface area contributed by atoms with Crippen molar-refractivity contribution in [3.63, 3.8) is 0 Å². The van der Waals surface area contributed by atoms with Gasteiger partial charge in [0.25, 0.3) is 0 Å². The second kappa shape index (κ2) is 14.3. The van der Waals surface area contributed by atoms with Crippen molar-refractivity contribution in [2.24, 2.45) is 0 Å². The third-order valence-corrected chi connectivity index (χ3v) is 7.08. The van der Waals surface area contributed by atoms with Crippen molar-refractivity contribution in [3.8, 4) is 11.5 Å². The number of methoxy groups -OCH3 is 1. The molecule has 3 unspecified atom stereocenters. The molecule has 1 aliphatic carbocycles. The van der Waals surface area contributed by atoms with Gasteiger partial charge in [-0.1, -0.05) is 29.8 Å².